The lowest BCUT2D eigenvalue weighted by Gasteiger charge is -2.38. The van der Waals surface area contributed by atoms with Gasteiger partial charge in [-0.1, -0.05) is 48.9 Å². The van der Waals surface area contributed by atoms with Crippen molar-refractivity contribution >= 4 is 52.1 Å². The maximum atomic E-state index is 16.5. The SMILES string of the molecule is CC1c2c(cc(F)c(Cl)c2-c2c(C(N)=O)ccc(OCCO)c2F)OC1(CNC1CCC(C(=O)N2CC3CC(N4CCC(c5c(F)cc6c(N7CCC(=O)NC7=O)nn(C)c6c5F)CC4)CC3C2)CC1)c1ccccc1. The maximum absolute atomic E-state index is 16.5. The number of ether oxygens (including phenoxy) is 2. The highest BCUT2D eigenvalue weighted by molar-refractivity contribution is 6.34. The van der Waals surface area contributed by atoms with Gasteiger partial charge in [0, 0.05) is 91.9 Å². The summed E-state index contributed by atoms with van der Waals surface area (Å²) in [6.45, 7) is 4.47. The van der Waals surface area contributed by atoms with Gasteiger partial charge in [-0.25, -0.2) is 22.4 Å². The summed E-state index contributed by atoms with van der Waals surface area (Å²) < 4.78 is 78.2. The first-order chi connectivity index (χ1) is 36.6. The first-order valence-electron chi connectivity index (χ1n) is 26.4. The molecule has 20 heteroatoms. The number of likely N-dealkylation sites (tertiary alicyclic amines) is 2. The zero-order valence-corrected chi connectivity index (χ0v) is 43.1. The van der Waals surface area contributed by atoms with E-state index in [1.54, 1.807) is 7.05 Å². The molecule has 5 heterocycles. The van der Waals surface area contributed by atoms with E-state index in [9.17, 15) is 24.3 Å². The number of urea groups is 1. The number of carbonyl (C=O) groups excluding carboxylic acids is 4. The third-order valence-electron chi connectivity index (χ3n) is 17.4. The number of nitrogens with two attached hydrogens (primary N) is 1. The van der Waals surface area contributed by atoms with Gasteiger partial charge >= 0.3 is 6.03 Å². The highest BCUT2D eigenvalue weighted by Gasteiger charge is 2.51. The molecule has 0 radical (unpaired) electrons. The average molecular weight is 1070 g/mol. The van der Waals surface area contributed by atoms with Gasteiger partial charge < -0.3 is 35.4 Å². The standard InChI is InChI=1S/C56H61ClF4N8O7/c1-29-44-42(25-40(59)48(57)47(44)46-37(52(62)72)12-13-41(49(46)60)75-21-20-70)76-56(29,34-6-4-3-5-7-34)28-63-35-10-8-31(9-11-35)54(73)68-26-32-22-36(23-33(32)27-68)67-17-14-30(15-18-67)45-39(58)24-38-51(50(45)61)66(2)65-53(38)69-19-16-43(71)64-55(69)74/h3-7,12-13,24-25,29-33,35-36,63,70H,8-11,14-23,26-28H2,1-2H3,(H2,62,72)(H,64,71,74). The van der Waals surface area contributed by atoms with Gasteiger partial charge in [0.1, 0.15) is 29.5 Å². The number of amides is 5. The Kier molecular flexibility index (Phi) is 14.0. The van der Waals surface area contributed by atoms with Crippen LogP contribution in [0.1, 0.15) is 104 Å². The number of halogens is 5. The number of carbonyl (C=O) groups is 4. The largest absolute Gasteiger partial charge is 0.488 e. The Bertz CT molecular complexity index is 3120. The smallest absolute Gasteiger partial charge is 0.329 e. The molecule has 2 aliphatic carbocycles. The highest BCUT2D eigenvalue weighted by atomic mass is 35.5. The molecule has 402 valence electrons. The molecular formula is C56H61ClF4N8O7. The van der Waals surface area contributed by atoms with Crippen LogP contribution in [0, 0.1) is 41.0 Å². The summed E-state index contributed by atoms with van der Waals surface area (Å²) >= 11 is 6.73. The van der Waals surface area contributed by atoms with Crippen molar-refractivity contribution in [1.82, 2.24) is 30.2 Å². The number of rotatable bonds is 13. The topological polar surface area (TPSA) is 185 Å². The number of fused-ring (bicyclic) bond motifs is 3. The molecule has 2 saturated carbocycles. The number of nitrogens with one attached hydrogen (secondary N) is 2. The predicted molar refractivity (Wildman–Crippen MR) is 275 cm³/mol. The fourth-order valence-electron chi connectivity index (χ4n) is 13.6. The van der Waals surface area contributed by atoms with Gasteiger partial charge in [-0.05, 0) is 106 Å². The minimum absolute atomic E-state index is 0.0353. The minimum Gasteiger partial charge on any atom is -0.488 e. The first kappa shape index (κ1) is 51.8. The van der Waals surface area contributed by atoms with Crippen molar-refractivity contribution < 1.29 is 51.3 Å². The number of hydrogen-bond acceptors (Lipinski definition) is 10. The molecule has 5 N–H and O–H groups in total. The summed E-state index contributed by atoms with van der Waals surface area (Å²) in [5.41, 5.74) is 5.36. The molecule has 5 fully saturated rings. The number of aromatic nitrogens is 2. The van der Waals surface area contributed by atoms with E-state index in [4.69, 9.17) is 26.8 Å². The number of piperidine rings is 1. The molecule has 4 unspecified atom stereocenters. The van der Waals surface area contributed by atoms with Gasteiger partial charge in [0.2, 0.25) is 17.7 Å². The zero-order valence-electron chi connectivity index (χ0n) is 42.4. The van der Waals surface area contributed by atoms with Crippen molar-refractivity contribution in [2.75, 3.05) is 57.4 Å². The summed E-state index contributed by atoms with van der Waals surface area (Å²) in [5.74, 6) is -4.61. The van der Waals surface area contributed by atoms with Gasteiger partial charge in [-0.15, -0.1) is 0 Å². The molecule has 0 bridgehead atoms. The highest BCUT2D eigenvalue weighted by Crippen LogP contribution is 2.57. The summed E-state index contributed by atoms with van der Waals surface area (Å²) in [7, 11) is 1.56. The molecule has 4 aliphatic heterocycles. The molecule has 15 nitrogen and oxygen atoms in total. The molecule has 11 rings (SSSR count). The summed E-state index contributed by atoms with van der Waals surface area (Å²) in [4.78, 5) is 57.0. The number of hydrogen-bond donors (Lipinski definition) is 4. The molecule has 5 aromatic rings. The van der Waals surface area contributed by atoms with E-state index in [2.05, 4.69) is 25.5 Å². The second kappa shape index (κ2) is 20.6. The van der Waals surface area contributed by atoms with Gasteiger partial charge in [0.25, 0.3) is 0 Å². The number of nitrogens with zero attached hydrogens (tertiary/aromatic N) is 5. The van der Waals surface area contributed by atoms with Crippen molar-refractivity contribution in [3.05, 3.63) is 105 Å². The fourth-order valence-corrected chi connectivity index (χ4v) is 13.8. The lowest BCUT2D eigenvalue weighted by molar-refractivity contribution is -0.136. The zero-order chi connectivity index (χ0) is 53.3. The number of benzene rings is 4. The van der Waals surface area contributed by atoms with E-state index in [1.165, 1.54) is 33.8 Å². The van der Waals surface area contributed by atoms with Crippen LogP contribution in [0.25, 0.3) is 22.0 Å². The third-order valence-corrected chi connectivity index (χ3v) is 17.8. The van der Waals surface area contributed by atoms with Crippen LogP contribution in [0.15, 0.2) is 54.6 Å². The number of imide groups is 1. The van der Waals surface area contributed by atoms with Crippen LogP contribution in [-0.2, 0) is 22.2 Å². The van der Waals surface area contributed by atoms with E-state index in [-0.39, 0.29) is 100 Å². The molecule has 76 heavy (non-hydrogen) atoms. The molecule has 3 saturated heterocycles. The number of aryl methyl sites for hydroxylation is 1. The second-order valence-corrected chi connectivity index (χ2v) is 22.0. The monoisotopic (exact) mass is 1070 g/mol. The summed E-state index contributed by atoms with van der Waals surface area (Å²) in [6.07, 6.45) is 6.08. The predicted octanol–water partition coefficient (Wildman–Crippen LogP) is 8.02. The number of anilines is 1. The van der Waals surface area contributed by atoms with Crippen LogP contribution in [0.3, 0.4) is 0 Å². The van der Waals surface area contributed by atoms with Crippen LogP contribution in [-0.4, -0.2) is 113 Å². The van der Waals surface area contributed by atoms with Crippen molar-refractivity contribution in [3.8, 4) is 22.6 Å². The van der Waals surface area contributed by atoms with E-state index in [0.29, 0.717) is 62.2 Å². The molecule has 6 aliphatic rings. The van der Waals surface area contributed by atoms with Gasteiger partial charge in [0.15, 0.2) is 28.8 Å². The molecule has 1 aromatic heterocycles. The van der Waals surface area contributed by atoms with Gasteiger partial charge in [0.05, 0.1) is 22.6 Å². The Morgan fingerprint density at radius 3 is 2.30 bits per heavy atom. The second-order valence-electron chi connectivity index (χ2n) is 21.6. The Labute approximate surface area is 442 Å². The normalized spacial score (nSPS) is 25.9. The van der Waals surface area contributed by atoms with Gasteiger partial charge in [-0.2, -0.15) is 5.10 Å². The van der Waals surface area contributed by atoms with Crippen molar-refractivity contribution in [1.29, 1.82) is 0 Å². The maximum Gasteiger partial charge on any atom is 0.329 e. The molecule has 5 amide bonds. The summed E-state index contributed by atoms with van der Waals surface area (Å²) in [6, 6.07) is 14.2. The van der Waals surface area contributed by atoms with E-state index >= 15 is 17.6 Å². The Morgan fingerprint density at radius 1 is 0.921 bits per heavy atom. The molecule has 0 spiro atoms. The lowest BCUT2D eigenvalue weighted by Crippen LogP contribution is -2.49. The van der Waals surface area contributed by atoms with Crippen molar-refractivity contribution in [2.24, 2.45) is 30.5 Å². The van der Waals surface area contributed by atoms with Crippen LogP contribution in [0.5, 0.6) is 11.5 Å². The molecular weight excluding hydrogens is 1010 g/mol. The van der Waals surface area contributed by atoms with Crippen LogP contribution in [0.2, 0.25) is 5.02 Å². The van der Waals surface area contributed by atoms with E-state index < -0.39 is 64.3 Å². The van der Waals surface area contributed by atoms with E-state index in [0.717, 1.165) is 44.3 Å². The Hall–Kier alpha value is -6.28. The number of aliphatic hydroxyl groups is 1. The Balaban J connectivity index is 0.705. The Morgan fingerprint density at radius 2 is 1.63 bits per heavy atom. The van der Waals surface area contributed by atoms with Crippen molar-refractivity contribution in [3.63, 3.8) is 0 Å². The van der Waals surface area contributed by atoms with Crippen LogP contribution < -0.4 is 30.7 Å². The third kappa shape index (κ3) is 9.03. The first-order valence-corrected chi connectivity index (χ1v) is 26.8. The number of primary amides is 1. The number of aliphatic hydroxyl groups excluding tert-OH is 1. The van der Waals surface area contributed by atoms with Crippen LogP contribution >= 0.6 is 11.6 Å². The quantitative estimate of drug-likeness (QED) is 0.0843. The minimum atomic E-state index is -1.13. The van der Waals surface area contributed by atoms with E-state index in [1.807, 2.05) is 37.3 Å². The summed E-state index contributed by atoms with van der Waals surface area (Å²) in [5, 5.41) is 19.5. The molecule has 4 aromatic carbocycles. The van der Waals surface area contributed by atoms with Crippen LogP contribution in [0.4, 0.5) is 28.2 Å². The lowest BCUT2D eigenvalue weighted by atomic mass is 9.77. The average Bonchev–Trinajstić information content (AvgIpc) is 4.25. The van der Waals surface area contributed by atoms with Crippen molar-refractivity contribution in [2.45, 2.75) is 94.2 Å². The fraction of sp³-hybridized carbons (Fsp3) is 0.482. The van der Waals surface area contributed by atoms with Gasteiger partial charge in [-0.3, -0.25) is 29.3 Å². The molecule has 4 atom stereocenters.